The van der Waals surface area contributed by atoms with E-state index in [1.165, 1.54) is 48.5 Å². The summed E-state index contributed by atoms with van der Waals surface area (Å²) in [5.41, 5.74) is 13.2. The molecule has 2 heterocycles. The minimum Gasteiger partial charge on any atom is -0.478 e. The van der Waals surface area contributed by atoms with Crippen LogP contribution >= 0.6 is 12.4 Å². The van der Waals surface area contributed by atoms with Gasteiger partial charge in [0.2, 0.25) is 11.9 Å². The number of azo groups is 1. The van der Waals surface area contributed by atoms with Crippen molar-refractivity contribution < 1.29 is 37.0 Å². The molecule has 5 aromatic rings. The highest BCUT2D eigenvalue weighted by molar-refractivity contribution is 7.81. The van der Waals surface area contributed by atoms with E-state index < -0.39 is 28.3 Å². The fraction of sp³-hybridized carbons (Fsp3) is 0. The molecule has 3 aromatic carbocycles. The second-order valence-electron chi connectivity index (χ2n) is 8.97. The zero-order valence-corrected chi connectivity index (χ0v) is 25.8. The number of anilines is 6. The highest BCUT2D eigenvalue weighted by atomic mass is 35.5. The molecule has 0 unspecified atom stereocenters. The van der Waals surface area contributed by atoms with Crippen molar-refractivity contribution in [1.29, 1.82) is 0 Å². The first-order valence-electron chi connectivity index (χ1n) is 13.0. The summed E-state index contributed by atoms with van der Waals surface area (Å²) in [5, 5.41) is 31.4. The predicted molar refractivity (Wildman–Crippen MR) is 176 cm³/mol. The summed E-state index contributed by atoms with van der Waals surface area (Å²) in [6.07, 6.45) is 0. The van der Waals surface area contributed by atoms with E-state index in [0.29, 0.717) is 22.9 Å². The lowest BCUT2D eigenvalue weighted by Crippen LogP contribution is -2.12. The first-order valence-corrected chi connectivity index (χ1v) is 14.3. The second-order valence-corrected chi connectivity index (χ2v) is 9.99. The van der Waals surface area contributed by atoms with E-state index in [1.807, 2.05) is 30.3 Å². The fourth-order valence-electron chi connectivity index (χ4n) is 3.42. The van der Waals surface area contributed by atoms with Gasteiger partial charge in [-0.25, -0.2) is 14.6 Å². The van der Waals surface area contributed by atoms with Gasteiger partial charge in [-0.15, -0.1) is 17.5 Å². The third-order valence-corrected chi connectivity index (χ3v) is 5.88. The smallest absolute Gasteiger partial charge is 0.449 e. The number of nitrogens with two attached hydrogens (primary N) is 2. The van der Waals surface area contributed by atoms with Gasteiger partial charge in [0.25, 0.3) is 0 Å². The summed E-state index contributed by atoms with van der Waals surface area (Å²) in [4.78, 5) is 37.2. The number of nitrogen functional groups attached to an aromatic ring is 2. The van der Waals surface area contributed by atoms with Crippen molar-refractivity contribution in [2.45, 2.75) is 0 Å². The molecule has 0 radical (unpaired) electrons. The van der Waals surface area contributed by atoms with Crippen LogP contribution in [0, 0.1) is 0 Å². The summed E-state index contributed by atoms with van der Waals surface area (Å²) < 4.78 is 35.2. The fourth-order valence-corrected chi connectivity index (χ4v) is 3.69. The molecule has 5 rings (SSSR count). The number of halogens is 1. The Morgan fingerprint density at radius 1 is 0.688 bits per heavy atom. The maximum absolute atomic E-state index is 11.0. The number of rotatable bonds is 10. The zero-order valence-electron chi connectivity index (χ0n) is 24.2. The van der Waals surface area contributed by atoms with E-state index in [0.717, 1.165) is 5.69 Å². The molecule has 48 heavy (non-hydrogen) atoms. The van der Waals surface area contributed by atoms with Gasteiger partial charge in [-0.2, -0.15) is 28.5 Å². The highest BCUT2D eigenvalue weighted by Gasteiger charge is 2.15. The molecule has 248 valence electrons. The third kappa shape index (κ3) is 11.2. The molecule has 0 atom stereocenters. The maximum atomic E-state index is 11.0. The van der Waals surface area contributed by atoms with E-state index in [4.69, 9.17) is 26.2 Å². The number of aromatic nitrogens is 4. The molecular formula is C28H25ClN10O8S. The monoisotopic (exact) mass is 696 g/mol. The number of hydrogen-bond acceptors (Lipinski definition) is 15. The summed E-state index contributed by atoms with van der Waals surface area (Å²) >= 11 is 0. The van der Waals surface area contributed by atoms with Crippen molar-refractivity contribution in [3.63, 3.8) is 0 Å². The largest absolute Gasteiger partial charge is 0.478 e. The Bertz CT molecular complexity index is 1940. The van der Waals surface area contributed by atoms with Gasteiger partial charge >= 0.3 is 28.3 Å². The predicted octanol–water partition coefficient (Wildman–Crippen LogP) is 5.02. The van der Waals surface area contributed by atoms with Gasteiger partial charge in [-0.05, 0) is 72.8 Å². The molecule has 18 nitrogen and oxygen atoms in total. The molecule has 9 N–H and O–H groups in total. The van der Waals surface area contributed by atoms with Gasteiger partial charge < -0.3 is 36.5 Å². The standard InChI is InChI=1S/C17H13N5O8S.C11H11N5.ClH/c23-13(24)9-1-5-11(6-2-9)18-15-20-16(22-17(21-15)30-31(27,28)29)19-12-7-3-10(4-8-12)14(25)26;12-10-7-6-9(11(13)14-10)16-15-8-4-2-1-3-5-8;/h1-8H,(H,23,24)(H,25,26)(H,27,28,29)(H2,18,19,20,21,22);1-7H,(H4,12,13,14);1H. The van der Waals surface area contributed by atoms with Crippen molar-refractivity contribution in [2.75, 3.05) is 22.1 Å². The Morgan fingerprint density at radius 2 is 1.19 bits per heavy atom. The first-order chi connectivity index (χ1) is 22.3. The molecule has 0 aliphatic carbocycles. The van der Waals surface area contributed by atoms with Crippen LogP contribution < -0.4 is 26.3 Å². The SMILES string of the molecule is Cl.Nc1ccc(N=Nc2ccccc2)c(N)n1.O=C(O)c1ccc(Nc2nc(Nc3ccc(C(=O)O)cc3)nc(OS(=O)(=O)O)n2)cc1. The lowest BCUT2D eigenvalue weighted by atomic mass is 10.2. The Kier molecular flexibility index (Phi) is 12.2. The van der Waals surface area contributed by atoms with Crippen LogP contribution in [0.2, 0.25) is 0 Å². The second kappa shape index (κ2) is 16.2. The summed E-state index contributed by atoms with van der Waals surface area (Å²) in [6, 6.07) is 23.0. The molecule has 0 saturated heterocycles. The topological polar surface area (TPSA) is 291 Å². The molecule has 0 aliphatic heterocycles. The first kappa shape index (κ1) is 36.0. The number of hydrogen-bond donors (Lipinski definition) is 7. The lowest BCUT2D eigenvalue weighted by Gasteiger charge is -2.10. The minimum atomic E-state index is -4.93. The van der Waals surface area contributed by atoms with Gasteiger partial charge in [-0.1, -0.05) is 18.2 Å². The molecular weight excluding hydrogens is 672 g/mol. The highest BCUT2D eigenvalue weighted by Crippen LogP contribution is 2.24. The van der Waals surface area contributed by atoms with Crippen molar-refractivity contribution in [3.05, 3.63) is 102 Å². The van der Waals surface area contributed by atoms with Gasteiger partial charge in [0.15, 0.2) is 5.82 Å². The number of carbonyl (C=O) groups is 2. The normalized spacial score (nSPS) is 10.6. The average molecular weight is 697 g/mol. The van der Waals surface area contributed by atoms with Crippen molar-refractivity contribution in [3.8, 4) is 6.01 Å². The number of carboxylic acid groups (broad SMARTS) is 2. The molecule has 0 fully saturated rings. The van der Waals surface area contributed by atoms with Gasteiger partial charge in [-0.3, -0.25) is 4.55 Å². The number of nitrogens with zero attached hydrogens (tertiary/aromatic N) is 6. The maximum Gasteiger partial charge on any atom is 0.449 e. The van der Waals surface area contributed by atoms with Gasteiger partial charge in [0.1, 0.15) is 11.5 Å². The van der Waals surface area contributed by atoms with E-state index in [-0.39, 0.29) is 41.2 Å². The van der Waals surface area contributed by atoms with Crippen LogP contribution in [0.3, 0.4) is 0 Å². The Labute approximate surface area is 278 Å². The van der Waals surface area contributed by atoms with Gasteiger partial charge in [0.05, 0.1) is 16.8 Å². The number of pyridine rings is 1. The third-order valence-electron chi connectivity index (χ3n) is 5.52. The molecule has 0 bridgehead atoms. The minimum absolute atomic E-state index is 0. The lowest BCUT2D eigenvalue weighted by molar-refractivity contribution is 0.0686. The zero-order chi connectivity index (χ0) is 34.0. The van der Waals surface area contributed by atoms with Crippen molar-refractivity contribution in [2.24, 2.45) is 10.2 Å². The van der Waals surface area contributed by atoms with Crippen LogP contribution in [0.1, 0.15) is 20.7 Å². The quantitative estimate of drug-likeness (QED) is 0.0744. The molecule has 0 amide bonds. The molecule has 20 heteroatoms. The molecule has 0 spiro atoms. The molecule has 0 aliphatic rings. The van der Waals surface area contributed by atoms with Crippen molar-refractivity contribution in [1.82, 2.24) is 19.9 Å². The Morgan fingerprint density at radius 3 is 1.62 bits per heavy atom. The van der Waals surface area contributed by atoms with Crippen molar-refractivity contribution >= 4 is 81.0 Å². The summed E-state index contributed by atoms with van der Waals surface area (Å²) in [7, 11) is -4.93. The van der Waals surface area contributed by atoms with Gasteiger partial charge in [0, 0.05) is 11.4 Å². The van der Waals surface area contributed by atoms with E-state index in [2.05, 4.69) is 45.0 Å². The number of benzene rings is 3. The Balaban J connectivity index is 0.000000309. The number of nitrogens with one attached hydrogen (secondary N) is 2. The van der Waals surface area contributed by atoms with Crippen LogP contribution in [0.5, 0.6) is 6.01 Å². The summed E-state index contributed by atoms with van der Waals surface area (Å²) in [6.45, 7) is 0. The van der Waals surface area contributed by atoms with Crippen LogP contribution in [0.4, 0.5) is 46.3 Å². The average Bonchev–Trinajstić information content (AvgIpc) is 3.01. The number of aromatic carboxylic acids is 2. The summed E-state index contributed by atoms with van der Waals surface area (Å²) in [5.74, 6) is -1.97. The van der Waals surface area contributed by atoms with Crippen LogP contribution in [0.25, 0.3) is 0 Å². The van der Waals surface area contributed by atoms with Crippen LogP contribution in [-0.4, -0.2) is 55.1 Å². The van der Waals surface area contributed by atoms with Crippen LogP contribution in [-0.2, 0) is 10.4 Å². The van der Waals surface area contributed by atoms with E-state index >= 15 is 0 Å². The number of carboxylic acids is 2. The van der Waals surface area contributed by atoms with Crippen LogP contribution in [0.15, 0.2) is 101 Å². The Hall–Kier alpha value is -6.44. The van der Waals surface area contributed by atoms with E-state index in [9.17, 15) is 18.0 Å². The van der Waals surface area contributed by atoms with E-state index in [1.54, 1.807) is 12.1 Å². The molecule has 2 aromatic heterocycles. The molecule has 0 saturated carbocycles.